The molecule has 90 valence electrons. The minimum Gasteiger partial charge on any atom is -0.378 e. The van der Waals surface area contributed by atoms with Crippen molar-refractivity contribution in [3.63, 3.8) is 0 Å². The SMILES string of the molecule is CN=C(N)NCc1ccc(N(C)C)cc1.I. The monoisotopic (exact) mass is 334 g/mol. The van der Waals surface area contributed by atoms with Crippen LogP contribution in [0, 0.1) is 0 Å². The van der Waals surface area contributed by atoms with Crippen LogP contribution in [-0.2, 0) is 6.54 Å². The molecule has 0 bridgehead atoms. The molecule has 1 aromatic carbocycles. The number of aliphatic imine (C=N–C) groups is 1. The summed E-state index contributed by atoms with van der Waals surface area (Å²) in [7, 11) is 5.71. The lowest BCUT2D eigenvalue weighted by atomic mass is 10.2. The Hall–Kier alpha value is -0.980. The average Bonchev–Trinajstić information content (AvgIpc) is 2.26. The van der Waals surface area contributed by atoms with Gasteiger partial charge in [-0.25, -0.2) is 0 Å². The van der Waals surface area contributed by atoms with Crippen molar-refractivity contribution in [2.24, 2.45) is 10.7 Å². The smallest absolute Gasteiger partial charge is 0.188 e. The maximum Gasteiger partial charge on any atom is 0.188 e. The Labute approximate surface area is 114 Å². The van der Waals surface area contributed by atoms with Gasteiger partial charge in [0.15, 0.2) is 5.96 Å². The zero-order valence-electron chi connectivity index (χ0n) is 9.90. The highest BCUT2D eigenvalue weighted by Crippen LogP contribution is 2.11. The number of hydrogen-bond acceptors (Lipinski definition) is 2. The van der Waals surface area contributed by atoms with Crippen LogP contribution in [0.3, 0.4) is 0 Å². The minimum atomic E-state index is 0. The summed E-state index contributed by atoms with van der Waals surface area (Å²) >= 11 is 0. The molecular weight excluding hydrogens is 315 g/mol. The Balaban J connectivity index is 0.00000225. The van der Waals surface area contributed by atoms with Gasteiger partial charge in [-0.15, -0.1) is 24.0 Å². The third kappa shape index (κ3) is 4.69. The Morgan fingerprint density at radius 1 is 1.31 bits per heavy atom. The maximum absolute atomic E-state index is 5.53. The Kier molecular flexibility index (Phi) is 6.87. The van der Waals surface area contributed by atoms with Gasteiger partial charge in [-0.1, -0.05) is 12.1 Å². The van der Waals surface area contributed by atoms with Gasteiger partial charge in [-0.2, -0.15) is 0 Å². The molecule has 0 radical (unpaired) electrons. The van der Waals surface area contributed by atoms with Crippen LogP contribution in [0.1, 0.15) is 5.56 Å². The van der Waals surface area contributed by atoms with Gasteiger partial charge in [0.2, 0.25) is 0 Å². The van der Waals surface area contributed by atoms with Crippen molar-refractivity contribution in [2.75, 3.05) is 26.0 Å². The van der Waals surface area contributed by atoms with Crippen molar-refractivity contribution in [3.8, 4) is 0 Å². The molecule has 0 unspecified atom stereocenters. The Morgan fingerprint density at radius 3 is 2.31 bits per heavy atom. The summed E-state index contributed by atoms with van der Waals surface area (Å²) in [5, 5.41) is 3.01. The van der Waals surface area contributed by atoms with Gasteiger partial charge in [-0.3, -0.25) is 4.99 Å². The Bertz CT molecular complexity index is 332. The molecule has 0 amide bonds. The van der Waals surface area contributed by atoms with Crippen LogP contribution in [0.5, 0.6) is 0 Å². The summed E-state index contributed by atoms with van der Waals surface area (Å²) in [5.74, 6) is 0.465. The van der Waals surface area contributed by atoms with E-state index in [0.29, 0.717) is 12.5 Å². The maximum atomic E-state index is 5.53. The van der Waals surface area contributed by atoms with Crippen LogP contribution in [0.25, 0.3) is 0 Å². The first-order valence-corrected chi connectivity index (χ1v) is 4.86. The highest BCUT2D eigenvalue weighted by Gasteiger charge is 1.96. The van der Waals surface area contributed by atoms with Gasteiger partial charge in [0.1, 0.15) is 0 Å². The molecule has 0 saturated heterocycles. The number of nitrogens with zero attached hydrogens (tertiary/aromatic N) is 2. The number of anilines is 1. The standard InChI is InChI=1S/C11H18N4.HI/c1-13-11(12)14-8-9-4-6-10(7-5-9)15(2)3;/h4-7H,8H2,1-3H3,(H3,12,13,14);1H. The van der Waals surface area contributed by atoms with Gasteiger partial charge >= 0.3 is 0 Å². The van der Waals surface area contributed by atoms with Crippen LogP contribution in [-0.4, -0.2) is 27.1 Å². The van der Waals surface area contributed by atoms with E-state index in [1.807, 2.05) is 14.1 Å². The number of hydrogen-bond donors (Lipinski definition) is 2. The minimum absolute atomic E-state index is 0. The molecule has 1 rings (SSSR count). The van der Waals surface area contributed by atoms with Crippen LogP contribution in [0.15, 0.2) is 29.3 Å². The summed E-state index contributed by atoms with van der Waals surface area (Å²) < 4.78 is 0. The van der Waals surface area contributed by atoms with Crippen LogP contribution < -0.4 is 16.0 Å². The third-order valence-electron chi connectivity index (χ3n) is 2.17. The second kappa shape index (κ2) is 7.32. The lowest BCUT2D eigenvalue weighted by Crippen LogP contribution is -2.30. The third-order valence-corrected chi connectivity index (χ3v) is 2.17. The molecule has 3 N–H and O–H groups in total. The van der Waals surface area contributed by atoms with Crippen molar-refractivity contribution in [2.45, 2.75) is 6.54 Å². The molecule has 1 aromatic rings. The van der Waals surface area contributed by atoms with Gasteiger partial charge in [0.05, 0.1) is 0 Å². The molecule has 0 fully saturated rings. The second-order valence-corrected chi connectivity index (χ2v) is 3.52. The quantitative estimate of drug-likeness (QED) is 0.499. The lowest BCUT2D eigenvalue weighted by molar-refractivity contribution is 0.900. The lowest BCUT2D eigenvalue weighted by Gasteiger charge is -2.12. The first-order valence-electron chi connectivity index (χ1n) is 4.86. The summed E-state index contributed by atoms with van der Waals surface area (Å²) in [6.45, 7) is 0.705. The van der Waals surface area contributed by atoms with Crippen molar-refractivity contribution < 1.29 is 0 Å². The summed E-state index contributed by atoms with van der Waals surface area (Å²) in [6, 6.07) is 8.31. The van der Waals surface area contributed by atoms with E-state index in [4.69, 9.17) is 5.73 Å². The fourth-order valence-electron chi connectivity index (χ4n) is 1.18. The number of rotatable bonds is 3. The van der Waals surface area contributed by atoms with Gasteiger partial charge in [0.25, 0.3) is 0 Å². The molecule has 0 aliphatic rings. The van der Waals surface area contributed by atoms with E-state index in [0.717, 1.165) is 0 Å². The van der Waals surface area contributed by atoms with Crippen molar-refractivity contribution in [1.82, 2.24) is 5.32 Å². The molecule has 0 saturated carbocycles. The predicted molar refractivity (Wildman–Crippen MR) is 80.6 cm³/mol. The molecule has 5 heteroatoms. The molecular formula is C11H19IN4. The normalized spacial score (nSPS) is 10.6. The Morgan fingerprint density at radius 2 is 1.88 bits per heavy atom. The van der Waals surface area contributed by atoms with Crippen molar-refractivity contribution in [1.29, 1.82) is 0 Å². The number of nitrogens with one attached hydrogen (secondary N) is 1. The van der Waals surface area contributed by atoms with Gasteiger partial charge < -0.3 is 16.0 Å². The van der Waals surface area contributed by atoms with E-state index in [1.54, 1.807) is 7.05 Å². The zero-order chi connectivity index (χ0) is 11.3. The highest BCUT2D eigenvalue weighted by molar-refractivity contribution is 14.0. The van der Waals surface area contributed by atoms with Crippen LogP contribution in [0.4, 0.5) is 5.69 Å². The molecule has 4 nitrogen and oxygen atoms in total. The summed E-state index contributed by atoms with van der Waals surface area (Å²) in [5.41, 5.74) is 7.91. The van der Waals surface area contributed by atoms with E-state index in [-0.39, 0.29) is 24.0 Å². The zero-order valence-corrected chi connectivity index (χ0v) is 12.2. The largest absolute Gasteiger partial charge is 0.378 e. The number of nitrogens with two attached hydrogens (primary N) is 1. The van der Waals surface area contributed by atoms with E-state index >= 15 is 0 Å². The number of halogens is 1. The van der Waals surface area contributed by atoms with Crippen molar-refractivity contribution >= 4 is 35.6 Å². The highest BCUT2D eigenvalue weighted by atomic mass is 127. The number of guanidine groups is 1. The topological polar surface area (TPSA) is 53.6 Å². The molecule has 0 atom stereocenters. The molecule has 0 aliphatic carbocycles. The molecule has 0 spiro atoms. The molecule has 0 heterocycles. The molecule has 16 heavy (non-hydrogen) atoms. The van der Waals surface area contributed by atoms with Crippen molar-refractivity contribution in [3.05, 3.63) is 29.8 Å². The van der Waals surface area contributed by atoms with E-state index in [2.05, 4.69) is 39.5 Å². The van der Waals surface area contributed by atoms with E-state index < -0.39 is 0 Å². The fourth-order valence-corrected chi connectivity index (χ4v) is 1.18. The first kappa shape index (κ1) is 15.0. The predicted octanol–water partition coefficient (Wildman–Crippen LogP) is 1.40. The molecule has 0 aromatic heterocycles. The fraction of sp³-hybridized carbons (Fsp3) is 0.364. The first-order chi connectivity index (χ1) is 7.13. The van der Waals surface area contributed by atoms with Gasteiger partial charge in [-0.05, 0) is 17.7 Å². The van der Waals surface area contributed by atoms with E-state index in [9.17, 15) is 0 Å². The second-order valence-electron chi connectivity index (χ2n) is 3.52. The van der Waals surface area contributed by atoms with Gasteiger partial charge in [0, 0.05) is 33.4 Å². The number of benzene rings is 1. The molecule has 0 aliphatic heterocycles. The summed E-state index contributed by atoms with van der Waals surface area (Å²) in [4.78, 5) is 5.89. The van der Waals surface area contributed by atoms with Crippen LogP contribution >= 0.6 is 24.0 Å². The average molecular weight is 334 g/mol. The summed E-state index contributed by atoms with van der Waals surface area (Å²) in [6.07, 6.45) is 0. The van der Waals surface area contributed by atoms with E-state index in [1.165, 1.54) is 11.3 Å². The van der Waals surface area contributed by atoms with Crippen LogP contribution in [0.2, 0.25) is 0 Å².